The monoisotopic (exact) mass is 407 g/mol. The fourth-order valence-electron chi connectivity index (χ4n) is 3.93. The van der Waals surface area contributed by atoms with Crippen LogP contribution in [-0.2, 0) is 11.8 Å². The Labute approximate surface area is 176 Å². The minimum Gasteiger partial charge on any atom is -0.481 e. The Balaban J connectivity index is 1.50. The second kappa shape index (κ2) is 8.73. The Hall–Kier alpha value is -3.09. The molecule has 0 aliphatic heterocycles. The first-order valence-electron chi connectivity index (χ1n) is 10.4. The molecule has 0 atom stereocenters. The summed E-state index contributed by atoms with van der Waals surface area (Å²) in [6.45, 7) is 2.69. The molecule has 6 nitrogen and oxygen atoms in total. The second-order valence-electron chi connectivity index (χ2n) is 7.73. The van der Waals surface area contributed by atoms with Gasteiger partial charge in [-0.05, 0) is 55.7 Å². The van der Waals surface area contributed by atoms with Crippen LogP contribution in [0.4, 0.5) is 10.2 Å². The summed E-state index contributed by atoms with van der Waals surface area (Å²) >= 11 is 0. The maximum atomic E-state index is 14.6. The Kier molecular flexibility index (Phi) is 5.88. The molecular weight excluding hydrogens is 381 g/mol. The van der Waals surface area contributed by atoms with Gasteiger partial charge in [0.25, 0.3) is 0 Å². The molecule has 1 aliphatic rings. The van der Waals surface area contributed by atoms with Crippen LogP contribution in [0.1, 0.15) is 44.0 Å². The number of ether oxygens (including phenoxy) is 1. The normalized spacial score (nSPS) is 14.8. The Morgan fingerprint density at radius 2 is 2.00 bits per heavy atom. The predicted molar refractivity (Wildman–Crippen MR) is 114 cm³/mol. The van der Waals surface area contributed by atoms with E-state index < -0.39 is 0 Å². The van der Waals surface area contributed by atoms with Gasteiger partial charge in [0.05, 0.1) is 24.1 Å². The van der Waals surface area contributed by atoms with E-state index in [2.05, 4.69) is 32.4 Å². The fourth-order valence-corrected chi connectivity index (χ4v) is 3.93. The van der Waals surface area contributed by atoms with Crippen molar-refractivity contribution in [1.29, 1.82) is 0 Å². The minimum atomic E-state index is -0.291. The molecule has 4 rings (SSSR count). The van der Waals surface area contributed by atoms with Crippen molar-refractivity contribution >= 4 is 5.82 Å². The quantitative estimate of drug-likeness (QED) is 0.590. The molecule has 30 heavy (non-hydrogen) atoms. The lowest BCUT2D eigenvalue weighted by Crippen LogP contribution is -2.42. The van der Waals surface area contributed by atoms with Crippen molar-refractivity contribution in [1.82, 2.24) is 20.2 Å². The van der Waals surface area contributed by atoms with Crippen molar-refractivity contribution in [3.63, 3.8) is 0 Å². The van der Waals surface area contributed by atoms with Crippen LogP contribution >= 0.6 is 0 Å². The molecule has 0 saturated heterocycles. The molecule has 0 spiro atoms. The average molecular weight is 407 g/mol. The number of aryl methyl sites for hydroxylation is 1. The lowest BCUT2D eigenvalue weighted by molar-refractivity contribution is 0.243. The van der Waals surface area contributed by atoms with Gasteiger partial charge in [-0.15, -0.1) is 10.2 Å². The molecule has 0 bridgehead atoms. The molecule has 1 fully saturated rings. The van der Waals surface area contributed by atoms with Crippen molar-refractivity contribution in [2.75, 3.05) is 19.0 Å². The fraction of sp³-hybridized carbons (Fsp3) is 0.391. The number of aromatic nitrogens is 4. The summed E-state index contributed by atoms with van der Waals surface area (Å²) in [6.07, 6.45) is 6.43. The van der Waals surface area contributed by atoms with E-state index in [9.17, 15) is 4.39 Å². The molecule has 0 aromatic carbocycles. The highest BCUT2D eigenvalue weighted by Crippen LogP contribution is 2.44. The standard InChI is InChI=1S/C23H26FN5O/c1-3-6-16-8-9-18(24)21(27-16)23(12-5-13-23)15-26-20-11-10-19(28-29-20)17-7-4-14-25-22(17)30-2/h4,7-11,14H,3,5-6,12-13,15H2,1-2H3,(H,26,29). The van der Waals surface area contributed by atoms with E-state index in [1.165, 1.54) is 0 Å². The first-order valence-corrected chi connectivity index (χ1v) is 10.4. The number of anilines is 1. The zero-order valence-corrected chi connectivity index (χ0v) is 17.4. The van der Waals surface area contributed by atoms with E-state index in [1.807, 2.05) is 24.3 Å². The summed E-state index contributed by atoms with van der Waals surface area (Å²) in [6, 6.07) is 10.8. The number of hydrogen-bond acceptors (Lipinski definition) is 6. The Bertz CT molecular complexity index is 1000. The van der Waals surface area contributed by atoms with Gasteiger partial charge >= 0.3 is 0 Å². The van der Waals surface area contributed by atoms with Gasteiger partial charge in [-0.2, -0.15) is 0 Å². The summed E-state index contributed by atoms with van der Waals surface area (Å²) in [4.78, 5) is 8.87. The summed E-state index contributed by atoms with van der Waals surface area (Å²) in [5.74, 6) is 0.939. The van der Waals surface area contributed by atoms with Gasteiger partial charge in [0.15, 0.2) is 0 Å². The highest BCUT2D eigenvalue weighted by atomic mass is 19.1. The van der Waals surface area contributed by atoms with E-state index in [-0.39, 0.29) is 11.2 Å². The number of rotatable bonds is 8. The highest BCUT2D eigenvalue weighted by molar-refractivity contribution is 5.64. The van der Waals surface area contributed by atoms with Gasteiger partial charge in [0.2, 0.25) is 5.88 Å². The summed E-state index contributed by atoms with van der Waals surface area (Å²) in [5.41, 5.74) is 2.71. The summed E-state index contributed by atoms with van der Waals surface area (Å²) < 4.78 is 19.9. The van der Waals surface area contributed by atoms with Crippen LogP contribution in [0.3, 0.4) is 0 Å². The zero-order valence-electron chi connectivity index (χ0n) is 17.4. The van der Waals surface area contributed by atoms with Gasteiger partial charge in [-0.3, -0.25) is 4.98 Å². The second-order valence-corrected chi connectivity index (χ2v) is 7.73. The predicted octanol–water partition coefficient (Wildman–Crippen LogP) is 4.57. The third kappa shape index (κ3) is 3.97. The van der Waals surface area contributed by atoms with Gasteiger partial charge in [-0.1, -0.05) is 19.8 Å². The average Bonchev–Trinajstić information content (AvgIpc) is 2.75. The van der Waals surface area contributed by atoms with Crippen LogP contribution in [0.15, 0.2) is 42.6 Å². The van der Waals surface area contributed by atoms with Crippen LogP contribution in [0.2, 0.25) is 0 Å². The largest absolute Gasteiger partial charge is 0.481 e. The lowest BCUT2D eigenvalue weighted by atomic mass is 9.66. The van der Waals surface area contributed by atoms with Crippen molar-refractivity contribution in [2.24, 2.45) is 0 Å². The first kappa shape index (κ1) is 20.2. The third-order valence-corrected chi connectivity index (χ3v) is 5.74. The summed E-state index contributed by atoms with van der Waals surface area (Å²) in [5, 5.41) is 11.9. The zero-order chi connectivity index (χ0) is 21.0. The number of halogens is 1. The molecule has 156 valence electrons. The van der Waals surface area contributed by atoms with Gasteiger partial charge in [0, 0.05) is 23.9 Å². The van der Waals surface area contributed by atoms with Crippen LogP contribution in [0, 0.1) is 5.82 Å². The maximum absolute atomic E-state index is 14.6. The van der Waals surface area contributed by atoms with Crippen LogP contribution in [0.5, 0.6) is 5.88 Å². The third-order valence-electron chi connectivity index (χ3n) is 5.74. The van der Waals surface area contributed by atoms with Gasteiger partial charge in [-0.25, -0.2) is 9.37 Å². The van der Waals surface area contributed by atoms with Crippen molar-refractivity contribution in [3.8, 4) is 17.1 Å². The lowest BCUT2D eigenvalue weighted by Gasteiger charge is -2.41. The number of nitrogens with zero attached hydrogens (tertiary/aromatic N) is 4. The minimum absolute atomic E-state index is 0.221. The number of pyridine rings is 2. The molecule has 0 amide bonds. The number of nitrogens with one attached hydrogen (secondary N) is 1. The molecule has 3 aromatic heterocycles. The molecule has 3 aromatic rings. The van der Waals surface area contributed by atoms with Crippen LogP contribution < -0.4 is 10.1 Å². The first-order chi connectivity index (χ1) is 14.6. The Morgan fingerprint density at radius 1 is 1.13 bits per heavy atom. The molecule has 1 N–H and O–H groups in total. The van der Waals surface area contributed by atoms with E-state index in [1.54, 1.807) is 25.4 Å². The van der Waals surface area contributed by atoms with E-state index >= 15 is 0 Å². The summed E-state index contributed by atoms with van der Waals surface area (Å²) in [7, 11) is 1.58. The highest BCUT2D eigenvalue weighted by Gasteiger charge is 2.42. The molecule has 7 heteroatoms. The Morgan fingerprint density at radius 3 is 2.67 bits per heavy atom. The van der Waals surface area contributed by atoms with Crippen molar-refractivity contribution in [3.05, 3.63) is 59.8 Å². The SMILES string of the molecule is CCCc1ccc(F)c(C2(CNc3ccc(-c4cccnc4OC)nn3)CCC2)n1. The number of hydrogen-bond donors (Lipinski definition) is 1. The van der Waals surface area contributed by atoms with Gasteiger partial charge in [0.1, 0.15) is 11.6 Å². The molecular formula is C23H26FN5O. The molecule has 3 heterocycles. The topological polar surface area (TPSA) is 72.8 Å². The van der Waals surface area contributed by atoms with Crippen LogP contribution in [-0.4, -0.2) is 33.8 Å². The molecule has 0 unspecified atom stereocenters. The van der Waals surface area contributed by atoms with Gasteiger partial charge < -0.3 is 10.1 Å². The van der Waals surface area contributed by atoms with Crippen molar-refractivity contribution in [2.45, 2.75) is 44.4 Å². The number of methoxy groups -OCH3 is 1. The van der Waals surface area contributed by atoms with E-state index in [0.29, 0.717) is 29.6 Å². The molecule has 0 radical (unpaired) electrons. The smallest absolute Gasteiger partial charge is 0.222 e. The van der Waals surface area contributed by atoms with E-state index in [0.717, 1.165) is 43.4 Å². The van der Waals surface area contributed by atoms with E-state index in [4.69, 9.17) is 4.74 Å². The molecule has 1 aliphatic carbocycles. The van der Waals surface area contributed by atoms with Crippen LogP contribution in [0.25, 0.3) is 11.3 Å². The molecule has 1 saturated carbocycles. The van der Waals surface area contributed by atoms with Crippen molar-refractivity contribution < 1.29 is 9.13 Å². The maximum Gasteiger partial charge on any atom is 0.222 e.